The Bertz CT molecular complexity index is 458. The highest BCUT2D eigenvalue weighted by molar-refractivity contribution is 5.74. The summed E-state index contributed by atoms with van der Waals surface area (Å²) in [6, 6.07) is 0.176. The van der Waals surface area contributed by atoms with E-state index in [0.29, 0.717) is 0 Å². The molecule has 23 heavy (non-hydrogen) atoms. The fraction of sp³-hybridized carbons (Fsp3) is 0.889. The van der Waals surface area contributed by atoms with Gasteiger partial charge in [-0.2, -0.15) is 0 Å². The van der Waals surface area contributed by atoms with Crippen molar-refractivity contribution < 1.29 is 4.79 Å². The number of amides is 2. The third-order valence-electron chi connectivity index (χ3n) is 6.04. The average molecular weight is 318 g/mol. The minimum Gasteiger partial charge on any atom is -0.331 e. The number of hydrogen-bond donors (Lipinski definition) is 0. The lowest BCUT2D eigenvalue weighted by molar-refractivity contribution is 0.176. The van der Waals surface area contributed by atoms with Crippen LogP contribution in [0.4, 0.5) is 4.79 Å². The highest BCUT2D eigenvalue weighted by Gasteiger charge is 2.42. The second kappa shape index (κ2) is 7.09. The number of likely N-dealkylation sites (tertiary alicyclic amines) is 2. The zero-order chi connectivity index (χ0) is 16.4. The molecule has 0 aromatic heterocycles. The first-order chi connectivity index (χ1) is 11.1. The second-order valence-electron chi connectivity index (χ2n) is 7.87. The van der Waals surface area contributed by atoms with Gasteiger partial charge in [-0.05, 0) is 49.9 Å². The summed E-state index contributed by atoms with van der Waals surface area (Å²) in [5.41, 5.74) is 0. The molecule has 0 bridgehead atoms. The Morgan fingerprint density at radius 2 is 1.96 bits per heavy atom. The van der Waals surface area contributed by atoms with Crippen LogP contribution in [0.3, 0.4) is 0 Å². The number of carbonyl (C=O) groups is 1. The van der Waals surface area contributed by atoms with Gasteiger partial charge in [0.25, 0.3) is 6.17 Å². The van der Waals surface area contributed by atoms with Crippen molar-refractivity contribution in [2.45, 2.75) is 44.7 Å². The lowest BCUT2D eigenvalue weighted by Crippen LogP contribution is -2.38. The molecule has 128 valence electrons. The third-order valence-corrected chi connectivity index (χ3v) is 6.04. The van der Waals surface area contributed by atoms with E-state index in [9.17, 15) is 4.79 Å². The Kier molecular flexibility index (Phi) is 5.11. The topological polar surface area (TPSA) is 31.1 Å². The maximum Gasteiger partial charge on any atom is 0.319 e. The molecule has 2 aliphatic heterocycles. The van der Waals surface area contributed by atoms with E-state index in [1.165, 1.54) is 32.1 Å². The maximum atomic E-state index is 12.1. The van der Waals surface area contributed by atoms with Crippen molar-refractivity contribution in [2.24, 2.45) is 17.8 Å². The predicted octanol–water partition coefficient (Wildman–Crippen LogP) is 2.75. The number of urea groups is 1. The fourth-order valence-corrected chi connectivity index (χ4v) is 4.90. The van der Waals surface area contributed by atoms with Crippen LogP contribution in [0.15, 0.2) is 0 Å². The van der Waals surface area contributed by atoms with Crippen molar-refractivity contribution in [3.63, 3.8) is 0 Å². The summed E-state index contributed by atoms with van der Waals surface area (Å²) >= 11 is 0. The molecule has 5 heteroatoms. The first-order valence-corrected chi connectivity index (χ1v) is 9.15. The minimum atomic E-state index is 0.156. The van der Waals surface area contributed by atoms with Gasteiger partial charge in [0, 0.05) is 46.7 Å². The Morgan fingerprint density at radius 3 is 2.57 bits per heavy atom. The van der Waals surface area contributed by atoms with Crippen LogP contribution in [0, 0.1) is 24.3 Å². The SMILES string of the molecule is [C-]#[N+][C@@H]1CCCN1CCC[C@H]1C[C@@H]2CN(C(=O)N(C)C)C[C@@H]2C1. The molecule has 3 aliphatic rings. The van der Waals surface area contributed by atoms with Crippen LogP contribution in [0.5, 0.6) is 0 Å². The highest BCUT2D eigenvalue weighted by atomic mass is 16.2. The van der Waals surface area contributed by atoms with Gasteiger partial charge in [0.15, 0.2) is 0 Å². The molecular weight excluding hydrogens is 288 g/mol. The number of fused-ring (bicyclic) bond motifs is 1. The molecule has 4 atom stereocenters. The third kappa shape index (κ3) is 3.63. The molecule has 0 unspecified atom stereocenters. The van der Waals surface area contributed by atoms with Gasteiger partial charge in [-0.25, -0.2) is 16.3 Å². The first-order valence-electron chi connectivity index (χ1n) is 9.15. The summed E-state index contributed by atoms with van der Waals surface area (Å²) < 4.78 is 0. The number of carbonyl (C=O) groups excluding carboxylic acids is 1. The summed E-state index contributed by atoms with van der Waals surface area (Å²) in [7, 11) is 3.68. The van der Waals surface area contributed by atoms with Crippen LogP contribution >= 0.6 is 0 Å². The Labute approximate surface area is 140 Å². The lowest BCUT2D eigenvalue weighted by atomic mass is 9.99. The van der Waals surface area contributed by atoms with E-state index < -0.39 is 0 Å². The molecule has 0 spiro atoms. The molecule has 0 N–H and O–H groups in total. The molecule has 2 saturated heterocycles. The van der Waals surface area contributed by atoms with Crippen LogP contribution in [-0.2, 0) is 0 Å². The average Bonchev–Trinajstić information content (AvgIpc) is 3.20. The first kappa shape index (κ1) is 16.6. The summed E-state index contributed by atoms with van der Waals surface area (Å²) in [6.45, 7) is 11.4. The minimum absolute atomic E-state index is 0.156. The van der Waals surface area contributed by atoms with E-state index in [1.807, 2.05) is 19.0 Å². The summed E-state index contributed by atoms with van der Waals surface area (Å²) in [5, 5.41) is 0. The van der Waals surface area contributed by atoms with Crippen molar-refractivity contribution in [3.8, 4) is 0 Å². The second-order valence-corrected chi connectivity index (χ2v) is 7.87. The van der Waals surface area contributed by atoms with Crippen LogP contribution in [0.1, 0.15) is 38.5 Å². The number of rotatable bonds is 4. The lowest BCUT2D eigenvalue weighted by Gasteiger charge is -2.23. The zero-order valence-electron chi connectivity index (χ0n) is 14.6. The molecule has 0 aromatic carbocycles. The van der Waals surface area contributed by atoms with Gasteiger partial charge in [-0.1, -0.05) is 0 Å². The van der Waals surface area contributed by atoms with E-state index in [2.05, 4.69) is 9.74 Å². The summed E-state index contributed by atoms with van der Waals surface area (Å²) in [5.74, 6) is 2.30. The molecule has 0 aromatic rings. The van der Waals surface area contributed by atoms with Crippen molar-refractivity contribution >= 4 is 6.03 Å². The largest absolute Gasteiger partial charge is 0.331 e. The van der Waals surface area contributed by atoms with Crippen molar-refractivity contribution in [1.29, 1.82) is 0 Å². The predicted molar refractivity (Wildman–Crippen MR) is 90.8 cm³/mol. The monoisotopic (exact) mass is 318 g/mol. The van der Waals surface area contributed by atoms with E-state index in [1.54, 1.807) is 4.90 Å². The highest BCUT2D eigenvalue weighted by Crippen LogP contribution is 2.43. The van der Waals surface area contributed by atoms with Crippen molar-refractivity contribution in [2.75, 3.05) is 40.3 Å². The van der Waals surface area contributed by atoms with E-state index >= 15 is 0 Å². The quantitative estimate of drug-likeness (QED) is 0.746. The molecule has 5 nitrogen and oxygen atoms in total. The van der Waals surface area contributed by atoms with Crippen LogP contribution in [-0.4, -0.2) is 67.2 Å². The van der Waals surface area contributed by atoms with Crippen molar-refractivity contribution in [3.05, 3.63) is 11.4 Å². The van der Waals surface area contributed by atoms with Gasteiger partial charge in [-0.15, -0.1) is 0 Å². The maximum absolute atomic E-state index is 12.1. The number of nitrogens with zero attached hydrogens (tertiary/aromatic N) is 4. The Hall–Kier alpha value is -1.28. The van der Waals surface area contributed by atoms with Crippen LogP contribution < -0.4 is 0 Å². The summed E-state index contributed by atoms with van der Waals surface area (Å²) in [6.07, 6.45) is 7.54. The molecule has 1 aliphatic carbocycles. The van der Waals surface area contributed by atoms with Gasteiger partial charge in [0.05, 0.1) is 0 Å². The van der Waals surface area contributed by atoms with E-state index in [0.717, 1.165) is 50.4 Å². The van der Waals surface area contributed by atoms with Crippen LogP contribution in [0.25, 0.3) is 4.85 Å². The fourth-order valence-electron chi connectivity index (χ4n) is 4.90. The summed E-state index contributed by atoms with van der Waals surface area (Å²) in [4.78, 5) is 21.9. The molecule has 1 saturated carbocycles. The molecular formula is C18H30N4O. The van der Waals surface area contributed by atoms with Gasteiger partial charge < -0.3 is 9.80 Å². The van der Waals surface area contributed by atoms with Gasteiger partial charge >= 0.3 is 6.03 Å². The number of hydrogen-bond acceptors (Lipinski definition) is 2. The Morgan fingerprint density at radius 1 is 1.26 bits per heavy atom. The van der Waals surface area contributed by atoms with Gasteiger partial charge in [0.1, 0.15) is 0 Å². The molecule has 2 amide bonds. The van der Waals surface area contributed by atoms with E-state index in [4.69, 9.17) is 6.57 Å². The molecule has 0 radical (unpaired) electrons. The normalized spacial score (nSPS) is 33.7. The molecule has 3 fully saturated rings. The van der Waals surface area contributed by atoms with Gasteiger partial charge in [0.2, 0.25) is 0 Å². The van der Waals surface area contributed by atoms with E-state index in [-0.39, 0.29) is 12.2 Å². The van der Waals surface area contributed by atoms with Gasteiger partial charge in [-0.3, -0.25) is 4.85 Å². The standard InChI is InChI=1S/C18H30N4O/c1-19-17-7-5-9-21(17)8-4-6-14-10-15-12-22(13-16(15)11-14)18(23)20(2)3/h14-17H,4-13H2,2-3H3/t14-,15+,16-,17-/m0/s1. The zero-order valence-corrected chi connectivity index (χ0v) is 14.6. The van der Waals surface area contributed by atoms with Crippen molar-refractivity contribution in [1.82, 2.24) is 14.7 Å². The molecule has 3 rings (SSSR count). The molecule has 2 heterocycles. The smallest absolute Gasteiger partial charge is 0.319 e. The Balaban J connectivity index is 1.38. The van der Waals surface area contributed by atoms with Crippen LogP contribution in [0.2, 0.25) is 0 Å².